The van der Waals surface area contributed by atoms with Crippen LogP contribution >= 0.6 is 0 Å². The van der Waals surface area contributed by atoms with Gasteiger partial charge >= 0.3 is 5.97 Å². The van der Waals surface area contributed by atoms with Gasteiger partial charge in [0, 0.05) is 17.0 Å². The fourth-order valence-electron chi connectivity index (χ4n) is 2.77. The molecule has 0 unspecified atom stereocenters. The van der Waals surface area contributed by atoms with Crippen LogP contribution in [0.25, 0.3) is 17.0 Å². The zero-order valence-electron chi connectivity index (χ0n) is 12.9. The molecule has 0 atom stereocenters. The minimum Gasteiger partial charge on any atom is -0.457 e. The zero-order valence-corrected chi connectivity index (χ0v) is 12.9. The molecule has 25 heavy (non-hydrogen) atoms. The van der Waals surface area contributed by atoms with Gasteiger partial charge in [0.15, 0.2) is 17.2 Å². The van der Waals surface area contributed by atoms with Crippen LogP contribution in [-0.2, 0) is 9.53 Å². The van der Waals surface area contributed by atoms with E-state index in [4.69, 9.17) is 18.6 Å². The lowest BCUT2D eigenvalue weighted by molar-refractivity contribution is -0.129. The third-order valence-corrected chi connectivity index (χ3v) is 3.96. The molecule has 0 saturated heterocycles. The van der Waals surface area contributed by atoms with Crippen LogP contribution in [0.4, 0.5) is 0 Å². The number of aliphatic imine (C=N–C) groups is 1. The van der Waals surface area contributed by atoms with Crippen molar-refractivity contribution in [1.82, 2.24) is 0 Å². The van der Waals surface area contributed by atoms with Crippen molar-refractivity contribution in [2.24, 2.45) is 4.99 Å². The van der Waals surface area contributed by atoms with E-state index in [1.165, 1.54) is 0 Å². The van der Waals surface area contributed by atoms with Crippen LogP contribution in [0.1, 0.15) is 11.3 Å². The van der Waals surface area contributed by atoms with Crippen LogP contribution in [-0.4, -0.2) is 18.7 Å². The molecular formula is C19H11NO5. The third kappa shape index (κ3) is 2.35. The molecule has 2 aliphatic rings. The number of para-hydroxylation sites is 1. The van der Waals surface area contributed by atoms with E-state index in [-0.39, 0.29) is 18.4 Å². The van der Waals surface area contributed by atoms with E-state index in [0.717, 1.165) is 11.0 Å². The summed E-state index contributed by atoms with van der Waals surface area (Å²) < 4.78 is 21.6. The van der Waals surface area contributed by atoms with Crippen molar-refractivity contribution in [2.75, 3.05) is 6.79 Å². The molecule has 0 bridgehead atoms. The van der Waals surface area contributed by atoms with Gasteiger partial charge in [-0.3, -0.25) is 0 Å². The van der Waals surface area contributed by atoms with Gasteiger partial charge in [0.05, 0.1) is 0 Å². The number of fused-ring (bicyclic) bond motifs is 2. The quantitative estimate of drug-likeness (QED) is 0.530. The summed E-state index contributed by atoms with van der Waals surface area (Å²) in [4.78, 5) is 16.4. The number of ether oxygens (including phenoxy) is 3. The highest BCUT2D eigenvalue weighted by molar-refractivity contribution is 6.13. The van der Waals surface area contributed by atoms with E-state index >= 15 is 0 Å². The van der Waals surface area contributed by atoms with E-state index in [9.17, 15) is 4.79 Å². The first-order valence-corrected chi connectivity index (χ1v) is 7.67. The van der Waals surface area contributed by atoms with Crippen molar-refractivity contribution in [3.63, 3.8) is 0 Å². The summed E-state index contributed by atoms with van der Waals surface area (Å²) in [7, 11) is 0. The minimum absolute atomic E-state index is 0.183. The first kappa shape index (κ1) is 13.9. The monoisotopic (exact) mass is 333 g/mol. The number of hydrogen-bond acceptors (Lipinski definition) is 6. The second kappa shape index (κ2) is 5.24. The van der Waals surface area contributed by atoms with Crippen molar-refractivity contribution in [3.05, 3.63) is 65.6 Å². The largest absolute Gasteiger partial charge is 0.457 e. The Labute approximate surface area is 141 Å². The Balaban J connectivity index is 1.50. The molecule has 3 aromatic rings. The average molecular weight is 333 g/mol. The highest BCUT2D eigenvalue weighted by atomic mass is 16.7. The Bertz CT molecular complexity index is 1040. The zero-order chi connectivity index (χ0) is 16.8. The van der Waals surface area contributed by atoms with Crippen LogP contribution in [0.15, 0.2) is 63.6 Å². The average Bonchev–Trinajstić information content (AvgIpc) is 3.32. The summed E-state index contributed by atoms with van der Waals surface area (Å²) in [5.74, 6) is 1.51. The summed E-state index contributed by atoms with van der Waals surface area (Å²) in [5.41, 5.74) is 1.58. The highest BCUT2D eigenvalue weighted by Gasteiger charge is 2.26. The molecule has 1 aromatic heterocycles. The summed E-state index contributed by atoms with van der Waals surface area (Å²) in [6.07, 6.45) is 1.57. The van der Waals surface area contributed by atoms with Crippen molar-refractivity contribution >= 4 is 28.9 Å². The minimum atomic E-state index is -0.520. The van der Waals surface area contributed by atoms with Gasteiger partial charge in [0.1, 0.15) is 11.3 Å². The smallest absolute Gasteiger partial charge is 0.363 e. The molecule has 0 spiro atoms. The maximum Gasteiger partial charge on any atom is 0.363 e. The number of nitrogens with zero attached hydrogens (tertiary/aromatic N) is 1. The van der Waals surface area contributed by atoms with Crippen LogP contribution in [0.5, 0.6) is 11.5 Å². The molecule has 6 nitrogen and oxygen atoms in total. The molecule has 2 aromatic carbocycles. The van der Waals surface area contributed by atoms with E-state index < -0.39 is 5.97 Å². The predicted octanol–water partition coefficient (Wildman–Crippen LogP) is 3.51. The maximum atomic E-state index is 12.1. The second-order valence-electron chi connectivity index (χ2n) is 5.59. The number of rotatable bonds is 2. The van der Waals surface area contributed by atoms with E-state index in [2.05, 4.69) is 4.99 Å². The van der Waals surface area contributed by atoms with Gasteiger partial charge in [-0.25, -0.2) is 9.79 Å². The Kier molecular flexibility index (Phi) is 2.90. The molecule has 0 saturated carbocycles. The fraction of sp³-hybridized carbons (Fsp3) is 0.0526. The van der Waals surface area contributed by atoms with Crippen LogP contribution in [0.3, 0.4) is 0 Å². The predicted molar refractivity (Wildman–Crippen MR) is 89.4 cm³/mol. The van der Waals surface area contributed by atoms with Gasteiger partial charge in [0.25, 0.3) is 0 Å². The topological polar surface area (TPSA) is 70.3 Å². The number of carbonyl (C=O) groups excluding carboxylic acids is 1. The molecule has 0 fully saturated rings. The third-order valence-electron chi connectivity index (χ3n) is 3.96. The normalized spacial score (nSPS) is 17.2. The molecule has 0 N–H and O–H groups in total. The standard InChI is InChI=1S/C19H11NO5/c21-19-14(9-13-7-11-3-1-2-4-15(11)24-13)20-18(25-19)12-5-6-16-17(8-12)23-10-22-16/h1-9H,10H2/b14-9+. The van der Waals surface area contributed by atoms with E-state index in [1.807, 2.05) is 30.3 Å². The summed E-state index contributed by atoms with van der Waals surface area (Å²) in [6, 6.07) is 14.7. The first-order chi connectivity index (χ1) is 12.3. The van der Waals surface area contributed by atoms with E-state index in [0.29, 0.717) is 22.8 Å². The summed E-state index contributed by atoms with van der Waals surface area (Å²) in [6.45, 7) is 0.183. The molecule has 5 rings (SSSR count). The lowest BCUT2D eigenvalue weighted by Crippen LogP contribution is -2.05. The van der Waals surface area contributed by atoms with Crippen LogP contribution in [0, 0.1) is 0 Å². The van der Waals surface area contributed by atoms with Gasteiger partial charge in [-0.05, 0) is 30.3 Å². The molecule has 3 heterocycles. The summed E-state index contributed by atoms with van der Waals surface area (Å²) >= 11 is 0. The Morgan fingerprint density at radius 3 is 2.80 bits per heavy atom. The van der Waals surface area contributed by atoms with Gasteiger partial charge in [0.2, 0.25) is 12.7 Å². The van der Waals surface area contributed by atoms with Crippen molar-refractivity contribution in [2.45, 2.75) is 0 Å². The highest BCUT2D eigenvalue weighted by Crippen LogP contribution is 2.33. The maximum absolute atomic E-state index is 12.1. The Morgan fingerprint density at radius 2 is 1.88 bits per heavy atom. The number of furan rings is 1. The van der Waals surface area contributed by atoms with E-state index in [1.54, 1.807) is 24.3 Å². The molecule has 0 aliphatic carbocycles. The number of esters is 1. The molecule has 122 valence electrons. The number of cyclic esters (lactones) is 1. The molecule has 6 heteroatoms. The number of benzene rings is 2. The molecule has 0 amide bonds. The van der Waals surface area contributed by atoms with Crippen molar-refractivity contribution < 1.29 is 23.4 Å². The lowest BCUT2D eigenvalue weighted by Gasteiger charge is -2.01. The van der Waals surface area contributed by atoms with Crippen molar-refractivity contribution in [3.8, 4) is 11.5 Å². The Hall–Kier alpha value is -3.54. The van der Waals surface area contributed by atoms with Crippen molar-refractivity contribution in [1.29, 1.82) is 0 Å². The first-order valence-electron chi connectivity index (χ1n) is 7.67. The molecular weight excluding hydrogens is 322 g/mol. The Morgan fingerprint density at radius 1 is 1.00 bits per heavy atom. The number of carbonyl (C=O) groups is 1. The SMILES string of the molecule is O=C1OC(c2ccc3c(c2)OCO3)=N/C1=C/c1cc2ccccc2o1. The van der Waals surface area contributed by atoms with Gasteiger partial charge in [-0.2, -0.15) is 0 Å². The second-order valence-corrected chi connectivity index (χ2v) is 5.59. The molecule has 0 radical (unpaired) electrons. The van der Waals surface area contributed by atoms with Gasteiger partial charge in [-0.1, -0.05) is 18.2 Å². The number of hydrogen-bond donors (Lipinski definition) is 0. The van der Waals surface area contributed by atoms with Gasteiger partial charge in [-0.15, -0.1) is 0 Å². The van der Waals surface area contributed by atoms with Crippen LogP contribution < -0.4 is 9.47 Å². The summed E-state index contributed by atoms with van der Waals surface area (Å²) in [5, 5.41) is 0.959. The lowest BCUT2D eigenvalue weighted by atomic mass is 10.2. The molecule has 2 aliphatic heterocycles. The fourth-order valence-corrected chi connectivity index (χ4v) is 2.77. The van der Waals surface area contributed by atoms with Crippen LogP contribution in [0.2, 0.25) is 0 Å². The van der Waals surface area contributed by atoms with Gasteiger partial charge < -0.3 is 18.6 Å².